The van der Waals surface area contributed by atoms with Gasteiger partial charge in [0.1, 0.15) is 6.20 Å². The van der Waals surface area contributed by atoms with Gasteiger partial charge < -0.3 is 10.1 Å². The van der Waals surface area contributed by atoms with E-state index in [1.54, 1.807) is 0 Å². The molecule has 4 N–H and O–H groups in total. The first-order chi connectivity index (χ1) is 9.70. The van der Waals surface area contributed by atoms with E-state index in [9.17, 15) is 10.1 Å². The highest BCUT2D eigenvalue weighted by Gasteiger charge is 2.17. The lowest BCUT2D eigenvalue weighted by molar-refractivity contribution is -0.384. The van der Waals surface area contributed by atoms with Crippen LogP contribution in [0, 0.1) is 10.1 Å². The van der Waals surface area contributed by atoms with Gasteiger partial charge >= 0.3 is 5.69 Å². The molecule has 2 rings (SSSR count). The van der Waals surface area contributed by atoms with E-state index < -0.39 is 4.92 Å². The van der Waals surface area contributed by atoms with E-state index in [-0.39, 0.29) is 17.5 Å². The number of hydrogen-bond donors (Lipinski definition) is 3. The zero-order valence-electron chi connectivity index (χ0n) is 10.9. The number of anilines is 2. The molecule has 1 fully saturated rings. The maximum atomic E-state index is 10.9. The molecule has 20 heavy (non-hydrogen) atoms. The minimum atomic E-state index is -0.530. The molecule has 1 aromatic rings. The van der Waals surface area contributed by atoms with Gasteiger partial charge in [0.2, 0.25) is 11.8 Å². The first-order valence-electron chi connectivity index (χ1n) is 6.22. The Morgan fingerprint density at radius 1 is 1.50 bits per heavy atom. The summed E-state index contributed by atoms with van der Waals surface area (Å²) in [5.41, 5.74) is 2.09. The molecular formula is C10H17N7O3. The topological polar surface area (TPSA) is 131 Å². The predicted octanol–water partition coefficient (Wildman–Crippen LogP) is -0.586. The minimum absolute atomic E-state index is 0.129. The summed E-state index contributed by atoms with van der Waals surface area (Å²) in [5.74, 6) is 5.48. The van der Waals surface area contributed by atoms with Crippen LogP contribution in [-0.2, 0) is 4.74 Å². The van der Waals surface area contributed by atoms with Crippen LogP contribution in [0.3, 0.4) is 0 Å². The second-order valence-corrected chi connectivity index (χ2v) is 4.21. The van der Waals surface area contributed by atoms with Gasteiger partial charge in [0.05, 0.1) is 18.1 Å². The van der Waals surface area contributed by atoms with Crippen molar-refractivity contribution in [2.24, 2.45) is 5.84 Å². The van der Waals surface area contributed by atoms with Gasteiger partial charge in [-0.1, -0.05) is 0 Å². The van der Waals surface area contributed by atoms with Gasteiger partial charge in [-0.05, 0) is 0 Å². The SMILES string of the molecule is NNc1ncc([N+](=O)[O-])c(NCCN2CCOCC2)n1. The monoisotopic (exact) mass is 283 g/mol. The van der Waals surface area contributed by atoms with Crippen LogP contribution in [0.25, 0.3) is 0 Å². The Morgan fingerprint density at radius 2 is 2.25 bits per heavy atom. The summed E-state index contributed by atoms with van der Waals surface area (Å²) in [6, 6.07) is 0. The maximum absolute atomic E-state index is 10.9. The zero-order chi connectivity index (χ0) is 14.4. The van der Waals surface area contributed by atoms with Crippen LogP contribution < -0.4 is 16.6 Å². The molecule has 1 aliphatic rings. The number of hydrazine groups is 1. The molecule has 0 amide bonds. The van der Waals surface area contributed by atoms with E-state index in [4.69, 9.17) is 10.6 Å². The molecule has 0 aromatic carbocycles. The summed E-state index contributed by atoms with van der Waals surface area (Å²) in [6.45, 7) is 4.47. The van der Waals surface area contributed by atoms with Gasteiger partial charge in [-0.2, -0.15) is 4.98 Å². The second-order valence-electron chi connectivity index (χ2n) is 4.21. The van der Waals surface area contributed by atoms with Crippen molar-refractivity contribution in [3.05, 3.63) is 16.3 Å². The third-order valence-electron chi connectivity index (χ3n) is 2.92. The van der Waals surface area contributed by atoms with Crippen LogP contribution in [0.5, 0.6) is 0 Å². The van der Waals surface area contributed by atoms with Crippen molar-refractivity contribution in [3.8, 4) is 0 Å². The highest BCUT2D eigenvalue weighted by Crippen LogP contribution is 2.21. The highest BCUT2D eigenvalue weighted by atomic mass is 16.6. The summed E-state index contributed by atoms with van der Waals surface area (Å²) in [7, 11) is 0. The zero-order valence-corrected chi connectivity index (χ0v) is 10.9. The third kappa shape index (κ3) is 3.73. The van der Waals surface area contributed by atoms with Gasteiger partial charge in [-0.15, -0.1) is 0 Å². The van der Waals surface area contributed by atoms with Crippen LogP contribution in [0.1, 0.15) is 0 Å². The van der Waals surface area contributed by atoms with E-state index in [2.05, 4.69) is 25.6 Å². The molecule has 0 bridgehead atoms. The van der Waals surface area contributed by atoms with Crippen molar-refractivity contribution in [1.29, 1.82) is 0 Å². The maximum Gasteiger partial charge on any atom is 0.329 e. The Morgan fingerprint density at radius 3 is 2.90 bits per heavy atom. The molecule has 10 nitrogen and oxygen atoms in total. The fourth-order valence-corrected chi connectivity index (χ4v) is 1.87. The van der Waals surface area contributed by atoms with Crippen molar-refractivity contribution >= 4 is 17.5 Å². The standard InChI is InChI=1S/C10H17N7O3/c11-15-10-13-7-8(17(18)19)9(14-10)12-1-2-16-3-5-20-6-4-16/h7H,1-6,11H2,(H2,12,13,14,15). The number of hydrogen-bond acceptors (Lipinski definition) is 9. The lowest BCUT2D eigenvalue weighted by atomic mass is 10.4. The fraction of sp³-hybridized carbons (Fsp3) is 0.600. The van der Waals surface area contributed by atoms with Crippen LogP contribution in [0.2, 0.25) is 0 Å². The molecule has 1 aliphatic heterocycles. The molecule has 1 saturated heterocycles. The number of nitrogens with one attached hydrogen (secondary N) is 2. The molecule has 2 heterocycles. The molecule has 1 aromatic heterocycles. The van der Waals surface area contributed by atoms with Crippen molar-refractivity contribution in [1.82, 2.24) is 14.9 Å². The van der Waals surface area contributed by atoms with Crippen molar-refractivity contribution in [2.75, 3.05) is 50.1 Å². The van der Waals surface area contributed by atoms with Gasteiger partial charge in [-0.25, -0.2) is 10.8 Å². The Bertz CT molecular complexity index is 464. The summed E-state index contributed by atoms with van der Waals surface area (Å²) in [4.78, 5) is 20.2. The van der Waals surface area contributed by atoms with Gasteiger partial charge in [0.25, 0.3) is 0 Å². The Hall–Kier alpha value is -2.04. The van der Waals surface area contributed by atoms with Gasteiger partial charge in [-0.3, -0.25) is 20.4 Å². The number of aromatic nitrogens is 2. The van der Waals surface area contributed by atoms with Crippen LogP contribution in [0.15, 0.2) is 6.20 Å². The first-order valence-corrected chi connectivity index (χ1v) is 6.22. The second kappa shape index (κ2) is 6.93. The average molecular weight is 283 g/mol. The number of rotatable bonds is 6. The lowest BCUT2D eigenvalue weighted by Crippen LogP contribution is -2.39. The number of nitrogen functional groups attached to an aromatic ring is 1. The highest BCUT2D eigenvalue weighted by molar-refractivity contribution is 5.56. The van der Waals surface area contributed by atoms with E-state index >= 15 is 0 Å². The predicted molar refractivity (Wildman–Crippen MR) is 72.2 cm³/mol. The van der Waals surface area contributed by atoms with Gasteiger partial charge in [0, 0.05) is 26.2 Å². The van der Waals surface area contributed by atoms with Crippen LogP contribution in [-0.4, -0.2) is 59.2 Å². The van der Waals surface area contributed by atoms with Crippen molar-refractivity contribution in [3.63, 3.8) is 0 Å². The summed E-state index contributed by atoms with van der Waals surface area (Å²) in [5, 5.41) is 13.8. The number of nitro groups is 1. The Labute approximate surface area is 115 Å². The number of morpholine rings is 1. The van der Waals surface area contributed by atoms with Crippen molar-refractivity contribution < 1.29 is 9.66 Å². The molecule has 0 unspecified atom stereocenters. The smallest absolute Gasteiger partial charge is 0.329 e. The quantitative estimate of drug-likeness (QED) is 0.356. The fourth-order valence-electron chi connectivity index (χ4n) is 1.87. The molecule has 10 heteroatoms. The van der Waals surface area contributed by atoms with Gasteiger partial charge in [0.15, 0.2) is 0 Å². The number of nitrogens with zero attached hydrogens (tertiary/aromatic N) is 4. The summed E-state index contributed by atoms with van der Waals surface area (Å²) < 4.78 is 5.25. The van der Waals surface area contributed by atoms with Crippen molar-refractivity contribution in [2.45, 2.75) is 0 Å². The molecule has 110 valence electrons. The van der Waals surface area contributed by atoms with E-state index in [0.717, 1.165) is 39.0 Å². The minimum Gasteiger partial charge on any atom is -0.379 e. The Kier molecular flexibility index (Phi) is 4.98. The molecule has 0 spiro atoms. The third-order valence-corrected chi connectivity index (χ3v) is 2.92. The number of ether oxygens (including phenoxy) is 1. The summed E-state index contributed by atoms with van der Waals surface area (Å²) in [6.07, 6.45) is 1.12. The van der Waals surface area contributed by atoms with E-state index in [1.165, 1.54) is 0 Å². The number of nitrogens with two attached hydrogens (primary N) is 1. The summed E-state index contributed by atoms with van der Waals surface area (Å²) >= 11 is 0. The largest absolute Gasteiger partial charge is 0.379 e. The normalized spacial score (nSPS) is 15.8. The molecule has 0 saturated carbocycles. The average Bonchev–Trinajstić information content (AvgIpc) is 2.48. The Balaban J connectivity index is 1.94. The molecular weight excluding hydrogens is 266 g/mol. The van der Waals surface area contributed by atoms with E-state index in [0.29, 0.717) is 6.54 Å². The first kappa shape index (κ1) is 14.4. The molecule has 0 atom stereocenters. The van der Waals surface area contributed by atoms with Crippen LogP contribution in [0.4, 0.5) is 17.5 Å². The van der Waals surface area contributed by atoms with E-state index in [1.807, 2.05) is 0 Å². The molecule has 0 aliphatic carbocycles. The molecule has 0 radical (unpaired) electrons. The lowest BCUT2D eigenvalue weighted by Gasteiger charge is -2.26. The van der Waals surface area contributed by atoms with Crippen LogP contribution >= 0.6 is 0 Å².